The second kappa shape index (κ2) is 5.65. The first-order chi connectivity index (χ1) is 7.92. The van der Waals surface area contributed by atoms with Gasteiger partial charge in [-0.05, 0) is 38.2 Å². The Bertz CT molecular complexity index is 389. The minimum Gasteiger partial charge on any atom is -0.481 e. The van der Waals surface area contributed by atoms with E-state index in [4.69, 9.17) is 5.11 Å². The van der Waals surface area contributed by atoms with Crippen molar-refractivity contribution in [3.05, 3.63) is 34.3 Å². The molecule has 0 aliphatic carbocycles. The summed E-state index contributed by atoms with van der Waals surface area (Å²) in [6, 6.07) is 7.86. The van der Waals surface area contributed by atoms with Crippen molar-refractivity contribution < 1.29 is 9.90 Å². The number of hydrogen-bond donors (Lipinski definition) is 1. The zero-order chi connectivity index (χ0) is 13.1. The molecular formula is C13H18BrNO2. The molecule has 0 aliphatic rings. The van der Waals surface area contributed by atoms with Crippen molar-refractivity contribution in [1.29, 1.82) is 0 Å². The first kappa shape index (κ1) is 14.2. The molecule has 94 valence electrons. The van der Waals surface area contributed by atoms with Crippen LogP contribution < -0.4 is 0 Å². The summed E-state index contributed by atoms with van der Waals surface area (Å²) in [6.07, 6.45) is 0.867. The first-order valence-corrected chi connectivity index (χ1v) is 6.37. The van der Waals surface area contributed by atoms with Gasteiger partial charge in [-0.15, -0.1) is 0 Å². The molecule has 1 aromatic rings. The van der Waals surface area contributed by atoms with Gasteiger partial charge in [0.25, 0.3) is 0 Å². The smallest absolute Gasteiger partial charge is 0.305 e. The van der Waals surface area contributed by atoms with Crippen LogP contribution >= 0.6 is 15.9 Å². The van der Waals surface area contributed by atoms with Gasteiger partial charge in [0.2, 0.25) is 0 Å². The fourth-order valence-corrected chi connectivity index (χ4v) is 2.44. The van der Waals surface area contributed by atoms with Gasteiger partial charge in [0.05, 0.1) is 12.0 Å². The van der Waals surface area contributed by atoms with Crippen molar-refractivity contribution in [3.8, 4) is 0 Å². The molecule has 3 nitrogen and oxygen atoms in total. The Kier molecular flexibility index (Phi) is 4.71. The minimum absolute atomic E-state index is 0.109. The zero-order valence-corrected chi connectivity index (χ0v) is 12.0. The summed E-state index contributed by atoms with van der Waals surface area (Å²) < 4.78 is 1.00. The van der Waals surface area contributed by atoms with Crippen LogP contribution in [0.2, 0.25) is 0 Å². The maximum absolute atomic E-state index is 11.1. The second-order valence-electron chi connectivity index (χ2n) is 4.36. The van der Waals surface area contributed by atoms with Crippen molar-refractivity contribution in [2.24, 2.45) is 0 Å². The lowest BCUT2D eigenvalue weighted by atomic mass is 9.83. The van der Waals surface area contributed by atoms with E-state index in [1.807, 2.05) is 50.2 Å². The van der Waals surface area contributed by atoms with Gasteiger partial charge in [-0.25, -0.2) is 0 Å². The lowest BCUT2D eigenvalue weighted by Crippen LogP contribution is -2.42. The fourth-order valence-electron chi connectivity index (χ4n) is 2.17. The van der Waals surface area contributed by atoms with E-state index in [0.29, 0.717) is 0 Å². The summed E-state index contributed by atoms with van der Waals surface area (Å²) in [5.41, 5.74) is 0.600. The van der Waals surface area contributed by atoms with Crippen LogP contribution in [0.1, 0.15) is 25.3 Å². The maximum Gasteiger partial charge on any atom is 0.305 e. The number of hydrogen-bond acceptors (Lipinski definition) is 2. The van der Waals surface area contributed by atoms with E-state index in [-0.39, 0.29) is 6.42 Å². The third-order valence-corrected chi connectivity index (χ3v) is 3.79. The fraction of sp³-hybridized carbons (Fsp3) is 0.462. The molecule has 0 aromatic heterocycles. The van der Waals surface area contributed by atoms with Crippen LogP contribution in [0.5, 0.6) is 0 Å². The molecule has 0 bridgehead atoms. The van der Waals surface area contributed by atoms with Gasteiger partial charge in [0.1, 0.15) is 0 Å². The molecule has 0 radical (unpaired) electrons. The van der Waals surface area contributed by atoms with Crippen LogP contribution in [0.3, 0.4) is 0 Å². The molecule has 1 atom stereocenters. The van der Waals surface area contributed by atoms with Crippen LogP contribution in [0.25, 0.3) is 0 Å². The van der Waals surface area contributed by atoms with Gasteiger partial charge in [0.15, 0.2) is 0 Å². The van der Waals surface area contributed by atoms with Gasteiger partial charge in [-0.3, -0.25) is 9.69 Å². The van der Waals surface area contributed by atoms with Crippen molar-refractivity contribution in [1.82, 2.24) is 4.90 Å². The van der Waals surface area contributed by atoms with Gasteiger partial charge >= 0.3 is 5.97 Å². The summed E-state index contributed by atoms with van der Waals surface area (Å²) in [6.45, 7) is 2.02. The molecule has 1 unspecified atom stereocenters. The van der Waals surface area contributed by atoms with Crippen molar-refractivity contribution >= 4 is 21.9 Å². The van der Waals surface area contributed by atoms with Crippen molar-refractivity contribution in [2.75, 3.05) is 14.1 Å². The van der Waals surface area contributed by atoms with Crippen LogP contribution in [0.15, 0.2) is 28.7 Å². The Morgan fingerprint density at radius 2 is 1.88 bits per heavy atom. The molecule has 17 heavy (non-hydrogen) atoms. The van der Waals surface area contributed by atoms with Crippen molar-refractivity contribution in [2.45, 2.75) is 25.3 Å². The lowest BCUT2D eigenvalue weighted by molar-refractivity contribution is -0.140. The predicted molar refractivity (Wildman–Crippen MR) is 72.1 cm³/mol. The number of carboxylic acid groups (broad SMARTS) is 1. The molecular weight excluding hydrogens is 282 g/mol. The highest BCUT2D eigenvalue weighted by molar-refractivity contribution is 9.10. The monoisotopic (exact) mass is 299 g/mol. The number of aliphatic carboxylic acids is 1. The third-order valence-electron chi connectivity index (χ3n) is 3.27. The second-order valence-corrected chi connectivity index (χ2v) is 5.27. The van der Waals surface area contributed by atoms with E-state index in [0.717, 1.165) is 16.5 Å². The van der Waals surface area contributed by atoms with Gasteiger partial charge in [0, 0.05) is 4.47 Å². The summed E-state index contributed by atoms with van der Waals surface area (Å²) in [4.78, 5) is 13.1. The molecule has 0 spiro atoms. The molecule has 1 N–H and O–H groups in total. The SMILES string of the molecule is CCC(CC(=O)O)(c1ccc(Br)cc1)N(C)C. The van der Waals surface area contributed by atoms with E-state index in [9.17, 15) is 4.79 Å². The molecule has 0 aliphatic heterocycles. The average molecular weight is 300 g/mol. The highest BCUT2D eigenvalue weighted by Crippen LogP contribution is 2.34. The van der Waals surface area contributed by atoms with E-state index in [1.165, 1.54) is 0 Å². The molecule has 1 rings (SSSR count). The lowest BCUT2D eigenvalue weighted by Gasteiger charge is -2.38. The normalized spacial score (nSPS) is 14.6. The Morgan fingerprint density at radius 3 is 2.24 bits per heavy atom. The molecule has 1 aromatic carbocycles. The highest BCUT2D eigenvalue weighted by atomic mass is 79.9. The standard InChI is InChI=1S/C13H18BrNO2/c1-4-13(15(2)3,9-12(16)17)10-5-7-11(14)8-6-10/h5-8H,4,9H2,1-3H3,(H,16,17). The largest absolute Gasteiger partial charge is 0.481 e. The Balaban J connectivity index is 3.21. The molecule has 0 saturated carbocycles. The number of halogens is 1. The number of benzene rings is 1. The predicted octanol–water partition coefficient (Wildman–Crippen LogP) is 3.09. The number of carbonyl (C=O) groups is 1. The summed E-state index contributed by atoms with van der Waals surface area (Å²) in [5.74, 6) is -0.775. The molecule has 0 amide bonds. The first-order valence-electron chi connectivity index (χ1n) is 5.57. The van der Waals surface area contributed by atoms with Crippen LogP contribution in [0, 0.1) is 0 Å². The van der Waals surface area contributed by atoms with Crippen LogP contribution in [-0.4, -0.2) is 30.1 Å². The van der Waals surface area contributed by atoms with E-state index in [2.05, 4.69) is 15.9 Å². The summed E-state index contributed by atoms with van der Waals surface area (Å²) in [7, 11) is 3.85. The molecule has 4 heteroatoms. The third kappa shape index (κ3) is 3.07. The highest BCUT2D eigenvalue weighted by Gasteiger charge is 2.35. The Labute approximate surface area is 111 Å². The number of nitrogens with zero attached hydrogens (tertiary/aromatic N) is 1. The summed E-state index contributed by atoms with van der Waals surface area (Å²) >= 11 is 3.39. The van der Waals surface area contributed by atoms with Gasteiger partial charge < -0.3 is 5.11 Å². The number of carboxylic acids is 1. The minimum atomic E-state index is -0.775. The Morgan fingerprint density at radius 1 is 1.35 bits per heavy atom. The van der Waals surface area contributed by atoms with E-state index >= 15 is 0 Å². The molecule has 0 fully saturated rings. The number of rotatable bonds is 5. The summed E-state index contributed by atoms with van der Waals surface area (Å²) in [5, 5.41) is 9.11. The van der Waals surface area contributed by atoms with E-state index in [1.54, 1.807) is 0 Å². The quantitative estimate of drug-likeness (QED) is 0.908. The zero-order valence-electron chi connectivity index (χ0n) is 10.4. The van der Waals surface area contributed by atoms with Crippen LogP contribution in [0.4, 0.5) is 0 Å². The Hall–Kier alpha value is -0.870. The van der Waals surface area contributed by atoms with E-state index < -0.39 is 11.5 Å². The average Bonchev–Trinajstić information content (AvgIpc) is 2.26. The van der Waals surface area contributed by atoms with Crippen LogP contribution in [-0.2, 0) is 10.3 Å². The topological polar surface area (TPSA) is 40.5 Å². The molecule has 0 saturated heterocycles. The van der Waals surface area contributed by atoms with Crippen molar-refractivity contribution in [3.63, 3.8) is 0 Å². The van der Waals surface area contributed by atoms with Gasteiger partial charge in [-0.1, -0.05) is 35.0 Å². The molecule has 0 heterocycles. The maximum atomic E-state index is 11.1. The van der Waals surface area contributed by atoms with Gasteiger partial charge in [-0.2, -0.15) is 0 Å².